The highest BCUT2D eigenvalue weighted by Crippen LogP contribution is 2.54. The van der Waals surface area contributed by atoms with Crippen molar-refractivity contribution >= 4 is 29.2 Å². The number of benzene rings is 2. The van der Waals surface area contributed by atoms with Crippen molar-refractivity contribution in [2.24, 2.45) is 23.5 Å². The van der Waals surface area contributed by atoms with E-state index in [9.17, 15) is 39.6 Å². The van der Waals surface area contributed by atoms with Crippen LogP contribution >= 0.6 is 0 Å². The number of aliphatic hydroxyl groups is 3. The van der Waals surface area contributed by atoms with E-state index in [1.54, 1.807) is 33.2 Å². The van der Waals surface area contributed by atoms with Crippen molar-refractivity contribution in [3.8, 4) is 22.6 Å². The van der Waals surface area contributed by atoms with Gasteiger partial charge in [0.15, 0.2) is 11.4 Å². The van der Waals surface area contributed by atoms with Crippen molar-refractivity contribution < 1.29 is 49.1 Å². The van der Waals surface area contributed by atoms with Crippen LogP contribution in [0.15, 0.2) is 47.2 Å². The molecule has 0 heterocycles. The van der Waals surface area contributed by atoms with E-state index in [2.05, 4.69) is 5.32 Å². The SMILES string of the molecule is CCOC(=O)C(CC(C)C)NCc1ccc(OC)c(-c2ccc(O)c3c2C[C@@H]2C[C@@H]4C(N(C)C)C(=O)C(C(N)=O)=C(O)[C@]4(O)C(=O)C2=C3O)c1. The highest BCUT2D eigenvalue weighted by molar-refractivity contribution is 6.24. The van der Waals surface area contributed by atoms with Crippen LogP contribution in [0.25, 0.3) is 16.9 Å². The lowest BCUT2D eigenvalue weighted by Gasteiger charge is -2.50. The topological polar surface area (TPSA) is 209 Å². The van der Waals surface area contributed by atoms with Gasteiger partial charge in [-0.05, 0) is 87.0 Å². The lowest BCUT2D eigenvalue weighted by Crippen LogP contribution is -2.65. The fourth-order valence-corrected chi connectivity index (χ4v) is 7.79. The Morgan fingerprint density at radius 2 is 1.80 bits per heavy atom. The van der Waals surface area contributed by atoms with Gasteiger partial charge in [-0.2, -0.15) is 0 Å². The number of hydrogen-bond acceptors (Lipinski definition) is 12. The Hall–Kier alpha value is -4.72. The quantitative estimate of drug-likeness (QED) is 0.149. The number of Topliss-reactive ketones (excluding diaryl/α,β-unsaturated/α-hetero) is 2. The first-order valence-electron chi connectivity index (χ1n) is 16.6. The molecule has 5 rings (SSSR count). The number of primary amides is 1. The Labute approximate surface area is 290 Å². The van der Waals surface area contributed by atoms with Gasteiger partial charge in [-0.1, -0.05) is 26.0 Å². The van der Waals surface area contributed by atoms with E-state index in [0.717, 1.165) is 5.56 Å². The summed E-state index contributed by atoms with van der Waals surface area (Å²) in [6.45, 7) is 6.39. The fourth-order valence-electron chi connectivity index (χ4n) is 7.79. The van der Waals surface area contributed by atoms with Crippen LogP contribution in [0.4, 0.5) is 0 Å². The number of ketones is 2. The molecule has 13 nitrogen and oxygen atoms in total. The van der Waals surface area contributed by atoms with Crippen LogP contribution in [0, 0.1) is 17.8 Å². The zero-order valence-corrected chi connectivity index (χ0v) is 29.1. The average molecular weight is 692 g/mol. The number of carbonyl (C=O) groups excluding carboxylic acids is 4. The number of amides is 1. The summed E-state index contributed by atoms with van der Waals surface area (Å²) in [6, 6.07) is 6.88. The maximum absolute atomic E-state index is 14.2. The molecule has 0 radical (unpaired) electrons. The molecule has 13 heteroatoms. The van der Waals surface area contributed by atoms with E-state index >= 15 is 0 Å². The van der Waals surface area contributed by atoms with Gasteiger partial charge >= 0.3 is 5.97 Å². The number of methoxy groups -OCH3 is 1. The molecule has 0 aliphatic heterocycles. The third-order valence-electron chi connectivity index (χ3n) is 9.99. The number of hydrogen-bond donors (Lipinski definition) is 6. The molecule has 0 aromatic heterocycles. The molecule has 2 aromatic carbocycles. The Morgan fingerprint density at radius 1 is 1.10 bits per heavy atom. The van der Waals surface area contributed by atoms with Gasteiger partial charge in [0, 0.05) is 23.6 Å². The van der Waals surface area contributed by atoms with Gasteiger partial charge in [0.1, 0.15) is 34.6 Å². The number of carbonyl (C=O) groups is 4. The van der Waals surface area contributed by atoms with Crippen LogP contribution in [-0.2, 0) is 36.9 Å². The second-order valence-corrected chi connectivity index (χ2v) is 13.8. The van der Waals surface area contributed by atoms with E-state index in [0.29, 0.717) is 35.4 Å². The van der Waals surface area contributed by atoms with Gasteiger partial charge in [0.2, 0.25) is 5.78 Å². The molecular formula is C37H45N3O10. The molecule has 1 saturated carbocycles. The molecule has 0 spiro atoms. The molecule has 0 saturated heterocycles. The number of aliphatic hydroxyl groups excluding tert-OH is 2. The first-order chi connectivity index (χ1) is 23.6. The summed E-state index contributed by atoms with van der Waals surface area (Å²) in [6.07, 6.45) is 0.658. The van der Waals surface area contributed by atoms with Crippen LogP contribution in [0.5, 0.6) is 11.5 Å². The van der Waals surface area contributed by atoms with Gasteiger partial charge in [-0.15, -0.1) is 0 Å². The second-order valence-electron chi connectivity index (χ2n) is 13.8. The van der Waals surface area contributed by atoms with E-state index in [4.69, 9.17) is 15.2 Å². The number of phenols is 1. The Morgan fingerprint density at radius 3 is 2.40 bits per heavy atom. The summed E-state index contributed by atoms with van der Waals surface area (Å²) in [4.78, 5) is 54.0. The fraction of sp³-hybridized carbons (Fsp3) is 0.459. The maximum Gasteiger partial charge on any atom is 0.323 e. The van der Waals surface area contributed by atoms with Gasteiger partial charge in [-0.25, -0.2) is 0 Å². The minimum absolute atomic E-state index is 0.0244. The number of aromatic hydroxyl groups is 1. The molecule has 50 heavy (non-hydrogen) atoms. The molecule has 3 aliphatic rings. The summed E-state index contributed by atoms with van der Waals surface area (Å²) in [5.74, 6) is -6.76. The summed E-state index contributed by atoms with van der Waals surface area (Å²) in [7, 11) is 4.62. The van der Waals surface area contributed by atoms with Crippen molar-refractivity contribution in [3.63, 3.8) is 0 Å². The van der Waals surface area contributed by atoms with E-state index in [-0.39, 0.29) is 48.2 Å². The van der Waals surface area contributed by atoms with Crippen molar-refractivity contribution in [2.45, 2.75) is 64.3 Å². The molecule has 1 amide bonds. The molecule has 3 aliphatic carbocycles. The minimum atomic E-state index is -2.72. The number of nitrogens with zero attached hydrogens (tertiary/aromatic N) is 1. The number of esters is 1. The van der Waals surface area contributed by atoms with Crippen LogP contribution in [-0.4, -0.2) is 94.3 Å². The second kappa shape index (κ2) is 13.9. The van der Waals surface area contributed by atoms with Crippen molar-refractivity contribution in [1.29, 1.82) is 0 Å². The zero-order valence-electron chi connectivity index (χ0n) is 29.1. The highest BCUT2D eigenvalue weighted by atomic mass is 16.5. The number of likely N-dealkylation sites (N-methyl/N-ethyl adjacent to an activating group) is 1. The van der Waals surface area contributed by atoms with Crippen molar-refractivity contribution in [3.05, 3.63) is 63.9 Å². The van der Waals surface area contributed by atoms with Crippen molar-refractivity contribution in [1.82, 2.24) is 10.2 Å². The maximum atomic E-state index is 14.2. The molecule has 1 fully saturated rings. The van der Waals surface area contributed by atoms with Crippen LogP contribution in [0.2, 0.25) is 0 Å². The van der Waals surface area contributed by atoms with Crippen LogP contribution in [0.3, 0.4) is 0 Å². The summed E-state index contributed by atoms with van der Waals surface area (Å²) >= 11 is 0. The zero-order chi connectivity index (χ0) is 36.8. The lowest BCUT2D eigenvalue weighted by molar-refractivity contribution is -0.153. The Bertz CT molecular complexity index is 1810. The molecule has 2 aromatic rings. The van der Waals surface area contributed by atoms with E-state index in [1.807, 2.05) is 26.0 Å². The van der Waals surface area contributed by atoms with Crippen LogP contribution in [0.1, 0.15) is 50.3 Å². The smallest absolute Gasteiger partial charge is 0.323 e. The Kier molecular flexibility index (Phi) is 10.2. The van der Waals surface area contributed by atoms with Crippen LogP contribution < -0.4 is 15.8 Å². The third kappa shape index (κ3) is 6.03. The largest absolute Gasteiger partial charge is 0.508 e. The predicted molar refractivity (Wildman–Crippen MR) is 183 cm³/mol. The number of phenolic OH excluding ortho intramolecular Hbond substituents is 1. The molecule has 2 unspecified atom stereocenters. The Balaban J connectivity index is 1.61. The highest BCUT2D eigenvalue weighted by Gasteiger charge is 2.64. The monoisotopic (exact) mass is 691 g/mol. The third-order valence-corrected chi connectivity index (χ3v) is 9.99. The first kappa shape index (κ1) is 36.6. The van der Waals surface area contributed by atoms with E-state index < -0.39 is 64.1 Å². The number of ether oxygens (including phenoxy) is 2. The van der Waals surface area contributed by atoms with Gasteiger partial charge in [0.05, 0.1) is 25.3 Å². The number of fused-ring (bicyclic) bond motifs is 3. The number of nitrogens with two attached hydrogens (primary N) is 1. The minimum Gasteiger partial charge on any atom is -0.508 e. The normalized spacial score (nSPS) is 23.8. The number of nitrogens with one attached hydrogen (secondary N) is 1. The standard InChI is InChI=1S/C37H45N3O10/c1-7-50-36(47)24(12-17(2)3)39-16-18-8-11-26(49-6)21(13-18)20-9-10-25(41)28-22(20)14-19-15-23-30(40(4)5)32(43)29(35(38)46)34(45)37(23,48)33(44)27(19)31(28)42/h8-11,13,17,19,23-24,30,39,41-42,45,48H,7,12,14-16H2,1-6H3,(H2,38,46)/t19-,23-,24?,30?,37-/m1/s1. The number of rotatable bonds is 11. The molecule has 0 bridgehead atoms. The molecule has 268 valence electrons. The van der Waals surface area contributed by atoms with Gasteiger partial charge in [-0.3, -0.25) is 24.1 Å². The first-order valence-corrected chi connectivity index (χ1v) is 16.6. The van der Waals surface area contributed by atoms with Gasteiger partial charge in [0.25, 0.3) is 5.91 Å². The predicted octanol–water partition coefficient (Wildman–Crippen LogP) is 2.71. The van der Waals surface area contributed by atoms with Crippen molar-refractivity contribution in [2.75, 3.05) is 27.8 Å². The average Bonchev–Trinajstić information content (AvgIpc) is 3.04. The van der Waals surface area contributed by atoms with Gasteiger partial charge < -0.3 is 41.0 Å². The molecular weight excluding hydrogens is 646 g/mol. The van der Waals surface area contributed by atoms with E-state index in [1.165, 1.54) is 18.1 Å². The summed E-state index contributed by atoms with van der Waals surface area (Å²) in [5.41, 5.74) is 4.12. The summed E-state index contributed by atoms with van der Waals surface area (Å²) in [5, 5.41) is 49.0. The molecule has 5 atom stereocenters. The lowest BCUT2D eigenvalue weighted by atomic mass is 9.57. The molecule has 7 N–H and O–H groups in total. The summed E-state index contributed by atoms with van der Waals surface area (Å²) < 4.78 is 11.0.